The van der Waals surface area contributed by atoms with Gasteiger partial charge < -0.3 is 15.2 Å². The minimum atomic E-state index is -0.206. The summed E-state index contributed by atoms with van der Waals surface area (Å²) < 4.78 is 2.22. The van der Waals surface area contributed by atoms with E-state index in [0.717, 1.165) is 61.4 Å². The molecular weight excluding hydrogens is 340 g/mol. The molecule has 6 nitrogen and oxygen atoms in total. The lowest BCUT2D eigenvalue weighted by Gasteiger charge is -2.11. The Balaban J connectivity index is 1.36. The first-order valence-corrected chi connectivity index (χ1v) is 9.93. The number of rotatable bonds is 5. The number of anilines is 1. The third-order valence-corrected chi connectivity index (χ3v) is 5.50. The average Bonchev–Trinajstić information content (AvgIpc) is 3.36. The molecule has 4 rings (SSSR count). The molecule has 1 fully saturated rings. The summed E-state index contributed by atoms with van der Waals surface area (Å²) in [7, 11) is 0. The first kappa shape index (κ1) is 17.8. The zero-order chi connectivity index (χ0) is 18.6. The SMILES string of the molecule is O=C(CNC(=O)C1CCCC1)Nc1cccc(-c2cn3c(n2)CCCC3)c1. The van der Waals surface area contributed by atoms with Crippen molar-refractivity contribution in [3.63, 3.8) is 0 Å². The van der Waals surface area contributed by atoms with Crippen molar-refractivity contribution in [2.75, 3.05) is 11.9 Å². The van der Waals surface area contributed by atoms with E-state index in [-0.39, 0.29) is 24.3 Å². The molecule has 1 aromatic heterocycles. The number of amides is 2. The second kappa shape index (κ2) is 7.94. The molecule has 0 saturated heterocycles. The molecule has 27 heavy (non-hydrogen) atoms. The van der Waals surface area contributed by atoms with Crippen molar-refractivity contribution in [3.8, 4) is 11.3 Å². The van der Waals surface area contributed by atoms with Gasteiger partial charge in [-0.05, 0) is 37.8 Å². The first-order valence-electron chi connectivity index (χ1n) is 9.93. The fourth-order valence-corrected chi connectivity index (χ4v) is 4.01. The Morgan fingerprint density at radius 2 is 2.00 bits per heavy atom. The smallest absolute Gasteiger partial charge is 0.243 e. The van der Waals surface area contributed by atoms with E-state index in [1.54, 1.807) is 0 Å². The molecule has 1 saturated carbocycles. The third kappa shape index (κ3) is 4.21. The van der Waals surface area contributed by atoms with Crippen LogP contribution in [0, 0.1) is 5.92 Å². The van der Waals surface area contributed by atoms with Crippen LogP contribution in [0.25, 0.3) is 11.3 Å². The summed E-state index contributed by atoms with van der Waals surface area (Å²) in [6.07, 6.45) is 9.59. The maximum absolute atomic E-state index is 12.2. The predicted molar refractivity (Wildman–Crippen MR) is 104 cm³/mol. The molecule has 0 unspecified atom stereocenters. The van der Waals surface area contributed by atoms with Gasteiger partial charge in [-0.15, -0.1) is 0 Å². The average molecular weight is 366 g/mol. The van der Waals surface area contributed by atoms with Crippen molar-refractivity contribution < 1.29 is 9.59 Å². The molecule has 6 heteroatoms. The fourth-order valence-electron chi connectivity index (χ4n) is 4.01. The summed E-state index contributed by atoms with van der Waals surface area (Å²) in [4.78, 5) is 29.0. The number of benzene rings is 1. The quantitative estimate of drug-likeness (QED) is 0.854. The minimum Gasteiger partial charge on any atom is -0.347 e. The molecule has 0 bridgehead atoms. The normalized spacial score (nSPS) is 16.7. The second-order valence-electron chi connectivity index (χ2n) is 7.52. The summed E-state index contributed by atoms with van der Waals surface area (Å²) in [5, 5.41) is 5.63. The van der Waals surface area contributed by atoms with Crippen LogP contribution in [0.15, 0.2) is 30.5 Å². The zero-order valence-electron chi connectivity index (χ0n) is 15.5. The van der Waals surface area contributed by atoms with Gasteiger partial charge in [-0.2, -0.15) is 0 Å². The van der Waals surface area contributed by atoms with E-state index in [9.17, 15) is 9.59 Å². The standard InChI is InChI=1S/C21H26N4O2/c26-20(13-22-21(27)15-6-1-2-7-15)23-17-9-5-8-16(12-17)18-14-25-11-4-3-10-19(25)24-18/h5,8-9,12,14-15H,1-4,6-7,10-11,13H2,(H,22,27)(H,23,26). The molecule has 2 aromatic rings. The highest BCUT2D eigenvalue weighted by molar-refractivity contribution is 5.95. The summed E-state index contributed by atoms with van der Waals surface area (Å²) in [6.45, 7) is 1.04. The van der Waals surface area contributed by atoms with Crippen LogP contribution in [0.4, 0.5) is 5.69 Å². The van der Waals surface area contributed by atoms with Crippen LogP contribution in [0.1, 0.15) is 44.3 Å². The molecule has 2 N–H and O–H groups in total. The molecule has 0 atom stereocenters. The van der Waals surface area contributed by atoms with Gasteiger partial charge in [-0.1, -0.05) is 25.0 Å². The number of nitrogens with one attached hydrogen (secondary N) is 2. The molecule has 0 spiro atoms. The van der Waals surface area contributed by atoms with E-state index in [0.29, 0.717) is 0 Å². The Kier molecular flexibility index (Phi) is 5.23. The zero-order valence-corrected chi connectivity index (χ0v) is 15.5. The van der Waals surface area contributed by atoms with Crippen LogP contribution in [-0.4, -0.2) is 27.9 Å². The Bertz CT molecular complexity index is 813. The highest BCUT2D eigenvalue weighted by Gasteiger charge is 2.22. The van der Waals surface area contributed by atoms with Gasteiger partial charge in [0, 0.05) is 36.3 Å². The van der Waals surface area contributed by atoms with Gasteiger partial charge in [0.15, 0.2) is 0 Å². The Labute approximate surface area is 159 Å². The highest BCUT2D eigenvalue weighted by Crippen LogP contribution is 2.25. The molecule has 2 amide bonds. The topological polar surface area (TPSA) is 76.0 Å². The van der Waals surface area contributed by atoms with E-state index in [1.807, 2.05) is 24.3 Å². The number of carbonyl (C=O) groups is 2. The number of carbonyl (C=O) groups excluding carboxylic acids is 2. The second-order valence-corrected chi connectivity index (χ2v) is 7.52. The van der Waals surface area contributed by atoms with E-state index >= 15 is 0 Å². The minimum absolute atomic E-state index is 0.00000773. The van der Waals surface area contributed by atoms with Gasteiger partial charge in [0.05, 0.1) is 12.2 Å². The van der Waals surface area contributed by atoms with Crippen LogP contribution in [0.5, 0.6) is 0 Å². The molecule has 0 radical (unpaired) electrons. The Morgan fingerprint density at radius 1 is 1.15 bits per heavy atom. The van der Waals surface area contributed by atoms with Gasteiger partial charge in [0.25, 0.3) is 0 Å². The van der Waals surface area contributed by atoms with E-state index < -0.39 is 0 Å². The monoisotopic (exact) mass is 366 g/mol. The largest absolute Gasteiger partial charge is 0.347 e. The van der Waals surface area contributed by atoms with Crippen LogP contribution in [-0.2, 0) is 22.6 Å². The number of aryl methyl sites for hydroxylation is 2. The molecule has 1 aliphatic heterocycles. The summed E-state index contributed by atoms with van der Waals surface area (Å²) >= 11 is 0. The van der Waals surface area contributed by atoms with Crippen molar-refractivity contribution in [1.82, 2.24) is 14.9 Å². The molecule has 2 heterocycles. The van der Waals surface area contributed by atoms with Gasteiger partial charge in [-0.25, -0.2) is 4.98 Å². The van der Waals surface area contributed by atoms with Gasteiger partial charge in [0.2, 0.25) is 11.8 Å². The lowest BCUT2D eigenvalue weighted by molar-refractivity contribution is -0.127. The summed E-state index contributed by atoms with van der Waals surface area (Å²) in [5.41, 5.74) is 2.65. The van der Waals surface area contributed by atoms with Crippen molar-refractivity contribution in [2.45, 2.75) is 51.5 Å². The lowest BCUT2D eigenvalue weighted by atomic mass is 10.1. The van der Waals surface area contributed by atoms with E-state index in [2.05, 4.69) is 21.4 Å². The maximum atomic E-state index is 12.2. The molecule has 1 aromatic carbocycles. The Hall–Kier alpha value is -2.63. The fraction of sp³-hybridized carbons (Fsp3) is 0.476. The van der Waals surface area contributed by atoms with Crippen LogP contribution < -0.4 is 10.6 Å². The van der Waals surface area contributed by atoms with Crippen molar-refractivity contribution in [2.24, 2.45) is 5.92 Å². The van der Waals surface area contributed by atoms with Crippen LogP contribution in [0.2, 0.25) is 0 Å². The predicted octanol–water partition coefficient (Wildman–Crippen LogP) is 3.13. The summed E-state index contributed by atoms with van der Waals surface area (Å²) in [5.74, 6) is 1.01. The molecule has 2 aliphatic rings. The van der Waals surface area contributed by atoms with Gasteiger partial charge in [0.1, 0.15) is 5.82 Å². The van der Waals surface area contributed by atoms with E-state index in [1.165, 1.54) is 12.8 Å². The highest BCUT2D eigenvalue weighted by atomic mass is 16.2. The number of fused-ring (bicyclic) bond motifs is 1. The molecule has 1 aliphatic carbocycles. The molecular formula is C21H26N4O2. The molecule has 142 valence electrons. The van der Waals surface area contributed by atoms with Gasteiger partial charge >= 0.3 is 0 Å². The van der Waals surface area contributed by atoms with E-state index in [4.69, 9.17) is 4.98 Å². The van der Waals surface area contributed by atoms with Crippen molar-refractivity contribution in [1.29, 1.82) is 0 Å². The Morgan fingerprint density at radius 3 is 2.81 bits per heavy atom. The number of aromatic nitrogens is 2. The number of hydrogen-bond acceptors (Lipinski definition) is 3. The lowest BCUT2D eigenvalue weighted by Crippen LogP contribution is -2.36. The maximum Gasteiger partial charge on any atom is 0.243 e. The number of imidazole rings is 1. The van der Waals surface area contributed by atoms with Gasteiger partial charge in [-0.3, -0.25) is 9.59 Å². The third-order valence-electron chi connectivity index (χ3n) is 5.50. The number of nitrogens with zero attached hydrogens (tertiary/aromatic N) is 2. The van der Waals surface area contributed by atoms with Crippen LogP contribution in [0.3, 0.4) is 0 Å². The number of hydrogen-bond donors (Lipinski definition) is 2. The van der Waals surface area contributed by atoms with Crippen molar-refractivity contribution >= 4 is 17.5 Å². The first-order chi connectivity index (χ1) is 13.2. The van der Waals surface area contributed by atoms with Crippen LogP contribution >= 0.6 is 0 Å². The van der Waals surface area contributed by atoms with Crippen molar-refractivity contribution in [3.05, 3.63) is 36.3 Å². The summed E-state index contributed by atoms with van der Waals surface area (Å²) in [6, 6.07) is 7.72.